The van der Waals surface area contributed by atoms with Crippen molar-refractivity contribution >= 4 is 17.6 Å². The molecule has 0 saturated heterocycles. The number of nitrogen functional groups attached to an aromatic ring is 1. The molecule has 16 heavy (non-hydrogen) atoms. The van der Waals surface area contributed by atoms with Crippen LogP contribution in [0.4, 0.5) is 5.82 Å². The van der Waals surface area contributed by atoms with Gasteiger partial charge in [0, 0.05) is 10.6 Å². The van der Waals surface area contributed by atoms with Gasteiger partial charge in [-0.15, -0.1) is 11.8 Å². The Balaban J connectivity index is 2.08. The molecule has 0 saturated carbocycles. The van der Waals surface area contributed by atoms with Gasteiger partial charge in [-0.3, -0.25) is 0 Å². The second-order valence-electron chi connectivity index (χ2n) is 3.89. The average Bonchev–Trinajstić information content (AvgIpc) is 2.75. The predicted molar refractivity (Wildman–Crippen MR) is 66.6 cm³/mol. The van der Waals surface area contributed by atoms with Crippen LogP contribution < -0.4 is 5.73 Å². The van der Waals surface area contributed by atoms with Gasteiger partial charge in [0.15, 0.2) is 0 Å². The minimum Gasteiger partial charge on any atom is -0.384 e. The fourth-order valence-corrected chi connectivity index (χ4v) is 3.27. The molecule has 0 radical (unpaired) electrons. The molecule has 2 aromatic rings. The first-order chi connectivity index (χ1) is 7.86. The molecule has 0 spiro atoms. The molecule has 4 heteroatoms. The standard InChI is InChI=1S/C12H13N3S/c13-12-5-7-14-15(12)10-6-8-16-11-4-2-1-3-9(10)11/h1-5,7,10H,6,8,13H2. The summed E-state index contributed by atoms with van der Waals surface area (Å²) in [5.41, 5.74) is 7.26. The Morgan fingerprint density at radius 1 is 1.31 bits per heavy atom. The van der Waals surface area contributed by atoms with Crippen LogP contribution in [0.15, 0.2) is 41.4 Å². The van der Waals surface area contributed by atoms with Gasteiger partial charge in [0.05, 0.1) is 12.2 Å². The number of thioether (sulfide) groups is 1. The Morgan fingerprint density at radius 2 is 2.19 bits per heavy atom. The van der Waals surface area contributed by atoms with E-state index in [0.717, 1.165) is 18.0 Å². The van der Waals surface area contributed by atoms with Gasteiger partial charge < -0.3 is 5.73 Å². The third-order valence-electron chi connectivity index (χ3n) is 2.92. The molecule has 1 atom stereocenters. The molecule has 0 fully saturated rings. The number of benzene rings is 1. The molecular formula is C12H13N3S. The van der Waals surface area contributed by atoms with E-state index in [9.17, 15) is 0 Å². The zero-order valence-corrected chi connectivity index (χ0v) is 9.65. The Bertz CT molecular complexity index is 506. The minimum atomic E-state index is 0.299. The minimum absolute atomic E-state index is 0.299. The maximum atomic E-state index is 5.92. The molecule has 1 aromatic heterocycles. The molecule has 1 aromatic carbocycles. The van der Waals surface area contributed by atoms with Gasteiger partial charge in [0.2, 0.25) is 0 Å². The van der Waals surface area contributed by atoms with Crippen molar-refractivity contribution in [2.45, 2.75) is 17.4 Å². The zero-order chi connectivity index (χ0) is 11.0. The molecule has 82 valence electrons. The fraction of sp³-hybridized carbons (Fsp3) is 0.250. The molecule has 3 nitrogen and oxygen atoms in total. The number of hydrogen-bond donors (Lipinski definition) is 1. The first-order valence-electron chi connectivity index (χ1n) is 5.37. The lowest BCUT2D eigenvalue weighted by molar-refractivity contribution is 0.507. The monoisotopic (exact) mass is 231 g/mol. The van der Waals surface area contributed by atoms with Crippen molar-refractivity contribution in [3.63, 3.8) is 0 Å². The second-order valence-corrected chi connectivity index (χ2v) is 5.03. The Morgan fingerprint density at radius 3 is 3.00 bits per heavy atom. The van der Waals surface area contributed by atoms with Crippen LogP contribution in [0.25, 0.3) is 0 Å². The van der Waals surface area contributed by atoms with Crippen LogP contribution in [0.1, 0.15) is 18.0 Å². The first kappa shape index (κ1) is 9.78. The van der Waals surface area contributed by atoms with Crippen LogP contribution in [0.3, 0.4) is 0 Å². The molecule has 0 aliphatic carbocycles. The number of hydrogen-bond acceptors (Lipinski definition) is 3. The van der Waals surface area contributed by atoms with Crippen LogP contribution in [-0.2, 0) is 0 Å². The summed E-state index contributed by atoms with van der Waals surface area (Å²) in [5, 5.41) is 4.32. The van der Waals surface area contributed by atoms with Gasteiger partial charge in [-0.1, -0.05) is 18.2 Å². The number of fused-ring (bicyclic) bond motifs is 1. The number of nitrogens with two attached hydrogens (primary N) is 1. The van der Waals surface area contributed by atoms with E-state index in [1.54, 1.807) is 6.20 Å². The van der Waals surface area contributed by atoms with E-state index < -0.39 is 0 Å². The highest BCUT2D eigenvalue weighted by molar-refractivity contribution is 7.99. The molecule has 2 N–H and O–H groups in total. The number of aromatic nitrogens is 2. The molecular weight excluding hydrogens is 218 g/mol. The van der Waals surface area contributed by atoms with Crippen molar-refractivity contribution in [1.29, 1.82) is 0 Å². The summed E-state index contributed by atoms with van der Waals surface area (Å²) in [6.07, 6.45) is 2.85. The highest BCUT2D eigenvalue weighted by atomic mass is 32.2. The first-order valence-corrected chi connectivity index (χ1v) is 6.35. The molecule has 3 rings (SSSR count). The summed E-state index contributed by atoms with van der Waals surface area (Å²) >= 11 is 1.91. The lowest BCUT2D eigenvalue weighted by Crippen LogP contribution is -2.18. The Kier molecular flexibility index (Phi) is 2.36. The third-order valence-corrected chi connectivity index (χ3v) is 4.05. The van der Waals surface area contributed by atoms with E-state index in [4.69, 9.17) is 5.73 Å². The van der Waals surface area contributed by atoms with Gasteiger partial charge in [0.25, 0.3) is 0 Å². The van der Waals surface area contributed by atoms with Crippen molar-refractivity contribution < 1.29 is 0 Å². The van der Waals surface area contributed by atoms with E-state index in [1.165, 1.54) is 10.5 Å². The molecule has 1 aliphatic rings. The van der Waals surface area contributed by atoms with Gasteiger partial charge >= 0.3 is 0 Å². The van der Waals surface area contributed by atoms with E-state index in [1.807, 2.05) is 22.5 Å². The predicted octanol–water partition coefficient (Wildman–Crippen LogP) is 2.55. The molecule has 1 unspecified atom stereocenters. The number of anilines is 1. The van der Waals surface area contributed by atoms with E-state index in [-0.39, 0.29) is 0 Å². The van der Waals surface area contributed by atoms with Crippen LogP contribution in [-0.4, -0.2) is 15.5 Å². The van der Waals surface area contributed by atoms with Crippen molar-refractivity contribution in [2.75, 3.05) is 11.5 Å². The Hall–Kier alpha value is -1.42. The van der Waals surface area contributed by atoms with Gasteiger partial charge in [0.1, 0.15) is 5.82 Å². The van der Waals surface area contributed by atoms with Gasteiger partial charge in [-0.05, 0) is 24.1 Å². The van der Waals surface area contributed by atoms with E-state index in [2.05, 4.69) is 29.4 Å². The topological polar surface area (TPSA) is 43.8 Å². The highest BCUT2D eigenvalue weighted by Gasteiger charge is 2.23. The largest absolute Gasteiger partial charge is 0.384 e. The van der Waals surface area contributed by atoms with Crippen LogP contribution in [0, 0.1) is 0 Å². The summed E-state index contributed by atoms with van der Waals surface area (Å²) in [5.74, 6) is 1.87. The van der Waals surface area contributed by atoms with E-state index >= 15 is 0 Å². The summed E-state index contributed by atoms with van der Waals surface area (Å²) < 4.78 is 1.93. The number of rotatable bonds is 1. The van der Waals surface area contributed by atoms with Crippen molar-refractivity contribution in [3.8, 4) is 0 Å². The second kappa shape index (κ2) is 3.87. The maximum absolute atomic E-state index is 5.92. The van der Waals surface area contributed by atoms with Crippen molar-refractivity contribution in [3.05, 3.63) is 42.1 Å². The normalized spacial score (nSPS) is 19.4. The third kappa shape index (κ3) is 1.50. The molecule has 0 bridgehead atoms. The van der Waals surface area contributed by atoms with Crippen LogP contribution >= 0.6 is 11.8 Å². The van der Waals surface area contributed by atoms with Gasteiger partial charge in [-0.2, -0.15) is 5.10 Å². The summed E-state index contributed by atoms with van der Waals surface area (Å²) in [6, 6.07) is 10.7. The van der Waals surface area contributed by atoms with Gasteiger partial charge in [-0.25, -0.2) is 4.68 Å². The smallest absolute Gasteiger partial charge is 0.122 e. The van der Waals surface area contributed by atoms with Crippen LogP contribution in [0.5, 0.6) is 0 Å². The molecule has 1 aliphatic heterocycles. The Labute approximate surface area is 98.6 Å². The summed E-state index contributed by atoms with van der Waals surface area (Å²) in [6.45, 7) is 0. The SMILES string of the molecule is Nc1ccnn1C1CCSc2ccccc21. The van der Waals surface area contributed by atoms with Crippen molar-refractivity contribution in [1.82, 2.24) is 9.78 Å². The van der Waals surface area contributed by atoms with E-state index in [0.29, 0.717) is 6.04 Å². The van der Waals surface area contributed by atoms with Crippen LogP contribution in [0.2, 0.25) is 0 Å². The molecule has 2 heterocycles. The number of nitrogens with zero attached hydrogens (tertiary/aromatic N) is 2. The quantitative estimate of drug-likeness (QED) is 0.820. The summed E-state index contributed by atoms with van der Waals surface area (Å²) in [7, 11) is 0. The lowest BCUT2D eigenvalue weighted by Gasteiger charge is -2.25. The summed E-state index contributed by atoms with van der Waals surface area (Å²) in [4.78, 5) is 1.36. The fourth-order valence-electron chi connectivity index (χ4n) is 2.16. The maximum Gasteiger partial charge on any atom is 0.122 e. The highest BCUT2D eigenvalue weighted by Crippen LogP contribution is 2.38. The zero-order valence-electron chi connectivity index (χ0n) is 8.84. The molecule has 0 amide bonds. The lowest BCUT2D eigenvalue weighted by atomic mass is 10.0. The average molecular weight is 231 g/mol. The van der Waals surface area contributed by atoms with Crippen molar-refractivity contribution in [2.24, 2.45) is 0 Å².